The standard InChI is InChI=1S/C49H35N.2C48H33N/c1-30-28-31(2)45(32(3)29-30)48-41-18-10-8-16-39(41)46(40-17-9-11-19-42(40)48)35-20-24-36(25-21-35)50-44-27-23-33-12-4-6-14-37(33)47(44)43-26-22-34-13-5-7-15-38(34)49(43)50;1-30-29-44(49-43-27-25-32-14-6-8-18-35(32)47(43)41-26-24-33-15-7-9-19-36(33)48(41)49)31(2)28-42(30)46-39-22-12-10-20-37(39)45(34-16-4-3-5-17-34)38-21-11-13-23-40(38)46;1-30-17-25-40-42(28-30)45(34-12-4-3-5-13-34)39-24-16-31(2)29-43(39)46(40)35-18-22-36(23-19-35)49-44-27-21-32-10-6-8-14-37(32)47(44)41-26-20-33-11-7-9-15-38(33)48(41)49/h4-29H,1-3H3;2*3-29H,1-2H3. The van der Waals surface area contributed by atoms with Crippen LogP contribution < -0.4 is 0 Å². The molecule has 0 aliphatic heterocycles. The fourth-order valence-corrected chi connectivity index (χ4v) is 25.6. The molecule has 0 bridgehead atoms. The molecule has 0 aliphatic carbocycles. The number of hydrogen-bond acceptors (Lipinski definition) is 0. The summed E-state index contributed by atoms with van der Waals surface area (Å²) in [6.07, 6.45) is 0. The van der Waals surface area contributed by atoms with Crippen molar-refractivity contribution in [2.75, 3.05) is 0 Å². The van der Waals surface area contributed by atoms with Crippen molar-refractivity contribution in [2.45, 2.75) is 48.5 Å². The molecule has 0 N–H and O–H groups in total. The van der Waals surface area contributed by atoms with Gasteiger partial charge in [0.15, 0.2) is 0 Å². The first-order valence-corrected chi connectivity index (χ1v) is 51.7. The zero-order valence-corrected chi connectivity index (χ0v) is 83.5. The van der Waals surface area contributed by atoms with Crippen molar-refractivity contribution in [1.82, 2.24) is 13.7 Å². The van der Waals surface area contributed by atoms with Crippen LogP contribution in [0.15, 0.2) is 485 Å². The molecule has 30 rings (SSSR count). The lowest BCUT2D eigenvalue weighted by molar-refractivity contribution is 1.15. The Balaban J connectivity index is 0.000000107. The zero-order valence-electron chi connectivity index (χ0n) is 83.5. The van der Waals surface area contributed by atoms with E-state index in [0.717, 1.165) is 11.4 Å². The van der Waals surface area contributed by atoms with Crippen LogP contribution in [0.5, 0.6) is 0 Å². The second kappa shape index (κ2) is 34.9. The molecular formula is C145H101N3. The average Bonchev–Trinajstić information content (AvgIpc) is 1.53. The normalized spacial score (nSPS) is 11.9. The van der Waals surface area contributed by atoms with Crippen molar-refractivity contribution in [2.24, 2.45) is 0 Å². The molecule has 0 saturated carbocycles. The van der Waals surface area contributed by atoms with Gasteiger partial charge in [0.2, 0.25) is 0 Å². The molecule has 27 aromatic carbocycles. The fourth-order valence-electron chi connectivity index (χ4n) is 25.6. The molecule has 696 valence electrons. The summed E-state index contributed by atoms with van der Waals surface area (Å²) >= 11 is 0. The Hall–Kier alpha value is -18.5. The SMILES string of the molecule is Cc1cc(-n2c3ccc4ccccc4c3c3ccc4ccccc4c32)c(C)cc1-c1c2ccccc2c(-c2ccccc2)c2ccccc12.Cc1cc(C)c(-c2c3ccccc3c(-c3ccc(-n4c5ccc6ccccc6c5c5ccc6ccccc6c54)cc3)c3ccccc23)c(C)c1.Cc1ccc2c(-c3ccc(-n4c5ccc6ccccc6c5c5ccc6ccccc6c54)cc3)c3cc(C)ccc3c(-c3ccccc3)c2c1. The summed E-state index contributed by atoms with van der Waals surface area (Å²) in [7, 11) is 0. The number of nitrogens with zero attached hydrogens (tertiary/aromatic N) is 3. The quantitative estimate of drug-likeness (QED) is 0.128. The Kier molecular flexibility index (Phi) is 20.6. The lowest BCUT2D eigenvalue weighted by Crippen LogP contribution is -2.00. The summed E-state index contributed by atoms with van der Waals surface area (Å²) in [6.45, 7) is 15.7. The van der Waals surface area contributed by atoms with Crippen molar-refractivity contribution in [3.63, 3.8) is 0 Å². The predicted octanol–water partition coefficient (Wildman–Crippen LogP) is 40.4. The van der Waals surface area contributed by atoms with Gasteiger partial charge >= 0.3 is 0 Å². The van der Waals surface area contributed by atoms with Gasteiger partial charge in [-0.1, -0.05) is 447 Å². The highest BCUT2D eigenvalue weighted by Gasteiger charge is 2.28. The monoisotopic (exact) mass is 1880 g/mol. The first kappa shape index (κ1) is 87.3. The van der Waals surface area contributed by atoms with Crippen molar-refractivity contribution in [1.29, 1.82) is 0 Å². The zero-order chi connectivity index (χ0) is 98.8. The molecule has 148 heavy (non-hydrogen) atoms. The van der Waals surface area contributed by atoms with Crippen LogP contribution >= 0.6 is 0 Å². The second-order valence-corrected chi connectivity index (χ2v) is 40.7. The molecule has 0 fully saturated rings. The summed E-state index contributed by atoms with van der Waals surface area (Å²) in [5.41, 5.74) is 35.4. The minimum atomic E-state index is 1.16. The summed E-state index contributed by atoms with van der Waals surface area (Å²) < 4.78 is 7.48. The Morgan fingerprint density at radius 3 is 0.764 bits per heavy atom. The number of fused-ring (bicyclic) bond motifs is 27. The molecule has 0 amide bonds. The number of aryl methyl sites for hydroxylation is 7. The summed E-state index contributed by atoms with van der Waals surface area (Å²) in [5, 5.41) is 38.5. The van der Waals surface area contributed by atoms with E-state index in [9.17, 15) is 0 Å². The smallest absolute Gasteiger partial charge is 0.0619 e. The summed E-state index contributed by atoms with van der Waals surface area (Å²) in [6, 6.07) is 180. The van der Waals surface area contributed by atoms with E-state index in [-0.39, 0.29) is 0 Å². The topological polar surface area (TPSA) is 14.8 Å². The average molecular weight is 1890 g/mol. The molecule has 0 saturated heterocycles. The van der Waals surface area contributed by atoms with E-state index in [1.165, 1.54) is 306 Å². The maximum absolute atomic E-state index is 2.53. The van der Waals surface area contributed by atoms with Crippen LogP contribution in [0.25, 0.3) is 279 Å². The van der Waals surface area contributed by atoms with E-state index in [1.807, 2.05) is 0 Å². The Labute approximate surface area is 858 Å². The molecule has 0 atom stereocenters. The van der Waals surface area contributed by atoms with E-state index in [1.54, 1.807) is 0 Å². The van der Waals surface area contributed by atoms with Gasteiger partial charge in [-0.3, -0.25) is 0 Å². The van der Waals surface area contributed by atoms with Crippen molar-refractivity contribution in [3.8, 4) is 83.8 Å². The molecule has 3 heterocycles. The lowest BCUT2D eigenvalue weighted by Gasteiger charge is -2.21. The highest BCUT2D eigenvalue weighted by molar-refractivity contribution is 6.32. The van der Waals surface area contributed by atoms with Gasteiger partial charge < -0.3 is 13.7 Å². The molecule has 0 unspecified atom stereocenters. The predicted molar refractivity (Wildman–Crippen MR) is 638 cm³/mol. The minimum absolute atomic E-state index is 1.16. The molecule has 3 aromatic heterocycles. The third-order valence-electron chi connectivity index (χ3n) is 31.8. The van der Waals surface area contributed by atoms with Crippen molar-refractivity contribution < 1.29 is 0 Å². The summed E-state index contributed by atoms with van der Waals surface area (Å²) in [4.78, 5) is 0. The Morgan fingerprint density at radius 1 is 0.142 bits per heavy atom. The Bertz CT molecular complexity index is 10700. The van der Waals surface area contributed by atoms with E-state index >= 15 is 0 Å². The number of benzene rings is 27. The summed E-state index contributed by atoms with van der Waals surface area (Å²) in [5.74, 6) is 0. The Morgan fingerprint density at radius 2 is 0.405 bits per heavy atom. The van der Waals surface area contributed by atoms with Gasteiger partial charge in [-0.05, 0) is 305 Å². The molecule has 3 heteroatoms. The molecule has 30 aromatic rings. The third kappa shape index (κ3) is 13.9. The van der Waals surface area contributed by atoms with Gasteiger partial charge in [-0.15, -0.1) is 0 Å². The lowest BCUT2D eigenvalue weighted by atomic mass is 9.83. The van der Waals surface area contributed by atoms with Crippen LogP contribution in [0.1, 0.15) is 38.9 Å². The van der Waals surface area contributed by atoms with Crippen LogP contribution in [0.3, 0.4) is 0 Å². The van der Waals surface area contributed by atoms with Crippen molar-refractivity contribution in [3.05, 3.63) is 524 Å². The molecule has 0 spiro atoms. The molecular weight excluding hydrogens is 1780 g/mol. The van der Waals surface area contributed by atoms with Crippen LogP contribution in [0.2, 0.25) is 0 Å². The van der Waals surface area contributed by atoms with Gasteiger partial charge in [-0.25, -0.2) is 0 Å². The third-order valence-corrected chi connectivity index (χ3v) is 31.8. The maximum atomic E-state index is 2.53. The van der Waals surface area contributed by atoms with Crippen LogP contribution in [-0.4, -0.2) is 13.7 Å². The van der Waals surface area contributed by atoms with Gasteiger partial charge in [0.1, 0.15) is 0 Å². The number of rotatable bonds is 9. The second-order valence-electron chi connectivity index (χ2n) is 40.7. The first-order valence-electron chi connectivity index (χ1n) is 51.7. The first-order chi connectivity index (χ1) is 72.9. The number of hydrogen-bond donors (Lipinski definition) is 0. The van der Waals surface area contributed by atoms with Crippen molar-refractivity contribution >= 4 is 195 Å². The van der Waals surface area contributed by atoms with E-state index in [0.29, 0.717) is 0 Å². The molecule has 0 radical (unpaired) electrons. The van der Waals surface area contributed by atoms with Gasteiger partial charge in [0.05, 0.1) is 33.1 Å². The van der Waals surface area contributed by atoms with E-state index < -0.39 is 0 Å². The molecule has 3 nitrogen and oxygen atoms in total. The number of aromatic nitrogens is 3. The van der Waals surface area contributed by atoms with Gasteiger partial charge in [-0.2, -0.15) is 0 Å². The fraction of sp³-hybridized carbons (Fsp3) is 0.0483. The van der Waals surface area contributed by atoms with Crippen LogP contribution in [0, 0.1) is 48.5 Å². The highest BCUT2D eigenvalue weighted by atomic mass is 15.0. The maximum Gasteiger partial charge on any atom is 0.0619 e. The highest BCUT2D eigenvalue weighted by Crippen LogP contribution is 2.53. The largest absolute Gasteiger partial charge is 0.309 e. The van der Waals surface area contributed by atoms with E-state index in [2.05, 4.69) is 547 Å². The van der Waals surface area contributed by atoms with Crippen LogP contribution in [0.4, 0.5) is 0 Å². The van der Waals surface area contributed by atoms with E-state index in [4.69, 9.17) is 0 Å². The van der Waals surface area contributed by atoms with Gasteiger partial charge in [0.25, 0.3) is 0 Å². The van der Waals surface area contributed by atoms with Gasteiger partial charge in [0, 0.05) is 65.5 Å². The molecule has 0 aliphatic rings. The van der Waals surface area contributed by atoms with Crippen LogP contribution in [-0.2, 0) is 0 Å². The minimum Gasteiger partial charge on any atom is -0.309 e.